The first-order chi connectivity index (χ1) is 11.4. The van der Waals surface area contributed by atoms with Crippen LogP contribution in [0, 0.1) is 0 Å². The van der Waals surface area contributed by atoms with E-state index in [9.17, 15) is 9.59 Å². The van der Waals surface area contributed by atoms with E-state index in [0.29, 0.717) is 17.3 Å². The van der Waals surface area contributed by atoms with Crippen LogP contribution in [0.1, 0.15) is 38.5 Å². The number of anilines is 1. The van der Waals surface area contributed by atoms with E-state index < -0.39 is 11.5 Å². The number of carbonyl (C=O) groups is 2. The predicted octanol–water partition coefficient (Wildman–Crippen LogP) is 3.05. The molecule has 1 fully saturated rings. The van der Waals surface area contributed by atoms with E-state index in [4.69, 9.17) is 21.4 Å². The maximum absolute atomic E-state index is 12.2. The largest absolute Gasteiger partial charge is 0.495 e. The second-order valence-corrected chi connectivity index (χ2v) is 6.56. The van der Waals surface area contributed by atoms with Crippen molar-refractivity contribution < 1.29 is 19.4 Å². The maximum atomic E-state index is 12.2. The van der Waals surface area contributed by atoms with Crippen LogP contribution in [0.4, 0.5) is 5.69 Å². The van der Waals surface area contributed by atoms with Crippen LogP contribution in [-0.4, -0.2) is 36.2 Å². The van der Waals surface area contributed by atoms with E-state index in [1.807, 2.05) is 0 Å². The topological polar surface area (TPSA) is 87.7 Å². The van der Waals surface area contributed by atoms with Gasteiger partial charge < -0.3 is 20.5 Å². The minimum absolute atomic E-state index is 0.0196. The molecule has 1 aliphatic carbocycles. The monoisotopic (exact) mass is 354 g/mol. The average molecular weight is 355 g/mol. The number of benzene rings is 1. The van der Waals surface area contributed by atoms with Gasteiger partial charge in [0.1, 0.15) is 5.75 Å². The van der Waals surface area contributed by atoms with Gasteiger partial charge in [0.15, 0.2) is 0 Å². The van der Waals surface area contributed by atoms with Crippen LogP contribution in [0.15, 0.2) is 18.2 Å². The van der Waals surface area contributed by atoms with E-state index in [1.54, 1.807) is 25.3 Å². The summed E-state index contributed by atoms with van der Waals surface area (Å²) in [6.45, 7) is 0.408. The molecule has 0 spiro atoms. The van der Waals surface area contributed by atoms with Crippen molar-refractivity contribution in [1.29, 1.82) is 0 Å². The Labute approximate surface area is 146 Å². The van der Waals surface area contributed by atoms with Gasteiger partial charge in [-0.1, -0.05) is 24.4 Å². The lowest BCUT2D eigenvalue weighted by Gasteiger charge is -2.28. The van der Waals surface area contributed by atoms with Gasteiger partial charge in [0.25, 0.3) is 0 Å². The lowest BCUT2D eigenvalue weighted by Crippen LogP contribution is -2.48. The van der Waals surface area contributed by atoms with Gasteiger partial charge in [-0.05, 0) is 31.0 Å². The Morgan fingerprint density at radius 2 is 2.04 bits per heavy atom. The zero-order valence-corrected chi connectivity index (χ0v) is 14.5. The van der Waals surface area contributed by atoms with Crippen molar-refractivity contribution in [2.24, 2.45) is 0 Å². The van der Waals surface area contributed by atoms with Crippen LogP contribution >= 0.6 is 11.6 Å². The molecule has 1 aromatic rings. The van der Waals surface area contributed by atoms with Crippen molar-refractivity contribution in [3.8, 4) is 5.75 Å². The minimum atomic E-state index is -0.876. The highest BCUT2D eigenvalue weighted by atomic mass is 35.5. The normalized spacial score (nSPS) is 15.8. The molecule has 1 amide bonds. The number of methoxy groups -OCH3 is 1. The standard InChI is InChI=1S/C17H23ClN2O4/c1-24-14-5-4-12(18)10-13(14)19-9-6-15(21)20-17(11-16(22)23)7-2-3-8-17/h4-5,10,19H,2-3,6-9,11H2,1H3,(H,20,21)(H,22,23). The average Bonchev–Trinajstić information content (AvgIpc) is 2.94. The number of carbonyl (C=O) groups excluding carboxylic acids is 1. The Bertz CT molecular complexity index is 600. The Morgan fingerprint density at radius 3 is 2.67 bits per heavy atom. The molecule has 0 saturated heterocycles. The number of aliphatic carboxylic acids is 1. The summed E-state index contributed by atoms with van der Waals surface area (Å²) in [6, 6.07) is 5.22. The third-order valence-corrected chi connectivity index (χ3v) is 4.52. The highest BCUT2D eigenvalue weighted by Crippen LogP contribution is 2.33. The summed E-state index contributed by atoms with van der Waals surface area (Å²) in [5.41, 5.74) is 0.135. The third-order valence-electron chi connectivity index (χ3n) is 4.28. The van der Waals surface area contributed by atoms with Crippen molar-refractivity contribution in [1.82, 2.24) is 5.32 Å². The molecule has 6 nitrogen and oxygen atoms in total. The fourth-order valence-electron chi connectivity index (χ4n) is 3.17. The molecule has 0 heterocycles. The lowest BCUT2D eigenvalue weighted by atomic mass is 9.93. The first kappa shape index (κ1) is 18.4. The summed E-state index contributed by atoms with van der Waals surface area (Å²) < 4.78 is 5.24. The van der Waals surface area contributed by atoms with Gasteiger partial charge in [-0.2, -0.15) is 0 Å². The first-order valence-electron chi connectivity index (χ1n) is 8.04. The smallest absolute Gasteiger partial charge is 0.305 e. The van der Waals surface area contributed by atoms with Gasteiger partial charge in [0.2, 0.25) is 5.91 Å². The highest BCUT2D eigenvalue weighted by Gasteiger charge is 2.37. The molecule has 0 aromatic heterocycles. The molecular weight excluding hydrogens is 332 g/mol. The van der Waals surface area contributed by atoms with E-state index >= 15 is 0 Å². The summed E-state index contributed by atoms with van der Waals surface area (Å²) in [4.78, 5) is 23.2. The van der Waals surface area contributed by atoms with Crippen LogP contribution in [0.25, 0.3) is 0 Å². The molecule has 0 bridgehead atoms. The fraction of sp³-hybridized carbons (Fsp3) is 0.529. The quantitative estimate of drug-likeness (QED) is 0.667. The number of nitrogens with one attached hydrogen (secondary N) is 2. The van der Waals surface area contributed by atoms with E-state index in [2.05, 4.69) is 10.6 Å². The van der Waals surface area contributed by atoms with Crippen LogP contribution in [0.2, 0.25) is 5.02 Å². The lowest BCUT2D eigenvalue weighted by molar-refractivity contribution is -0.139. The minimum Gasteiger partial charge on any atom is -0.495 e. The number of rotatable bonds is 8. The number of ether oxygens (including phenoxy) is 1. The van der Waals surface area contributed by atoms with E-state index in [1.165, 1.54) is 0 Å². The number of carboxylic acids is 1. The summed E-state index contributed by atoms with van der Waals surface area (Å²) in [5.74, 6) is -0.372. The zero-order valence-electron chi connectivity index (χ0n) is 13.7. The van der Waals surface area contributed by atoms with Crippen LogP contribution in [0.3, 0.4) is 0 Å². The number of amides is 1. The Hall–Kier alpha value is -1.95. The number of hydrogen-bond donors (Lipinski definition) is 3. The molecule has 0 radical (unpaired) electrons. The fourth-order valence-corrected chi connectivity index (χ4v) is 3.35. The van der Waals surface area contributed by atoms with E-state index in [0.717, 1.165) is 31.4 Å². The van der Waals surface area contributed by atoms with Crippen LogP contribution in [0.5, 0.6) is 5.75 Å². The van der Waals surface area contributed by atoms with Gasteiger partial charge >= 0.3 is 5.97 Å². The first-order valence-corrected chi connectivity index (χ1v) is 8.42. The second-order valence-electron chi connectivity index (χ2n) is 6.13. The summed E-state index contributed by atoms with van der Waals surface area (Å²) in [5, 5.41) is 15.7. The molecule has 7 heteroatoms. The molecule has 1 aliphatic rings. The van der Waals surface area contributed by atoms with Crippen molar-refractivity contribution >= 4 is 29.2 Å². The van der Waals surface area contributed by atoms with Gasteiger partial charge in [0, 0.05) is 18.0 Å². The molecule has 24 heavy (non-hydrogen) atoms. The molecule has 3 N–H and O–H groups in total. The predicted molar refractivity (Wildman–Crippen MR) is 92.7 cm³/mol. The summed E-state index contributed by atoms with van der Waals surface area (Å²) in [7, 11) is 1.57. The number of halogens is 1. The maximum Gasteiger partial charge on any atom is 0.305 e. The molecular formula is C17H23ClN2O4. The Kier molecular flexibility index (Phi) is 6.31. The van der Waals surface area contributed by atoms with Gasteiger partial charge in [0.05, 0.1) is 24.8 Å². The van der Waals surface area contributed by atoms with Gasteiger partial charge in [-0.25, -0.2) is 0 Å². The van der Waals surface area contributed by atoms with Crippen molar-refractivity contribution in [2.45, 2.75) is 44.1 Å². The van der Waals surface area contributed by atoms with Gasteiger partial charge in [-0.3, -0.25) is 9.59 Å². The number of carboxylic acid groups (broad SMARTS) is 1. The Morgan fingerprint density at radius 1 is 1.33 bits per heavy atom. The summed E-state index contributed by atoms with van der Waals surface area (Å²) >= 11 is 5.96. The summed E-state index contributed by atoms with van der Waals surface area (Å²) in [6.07, 6.45) is 3.57. The molecule has 0 atom stereocenters. The molecule has 2 rings (SSSR count). The van der Waals surface area contributed by atoms with Crippen LogP contribution in [-0.2, 0) is 9.59 Å². The van der Waals surface area contributed by atoms with Crippen molar-refractivity contribution in [3.05, 3.63) is 23.2 Å². The van der Waals surface area contributed by atoms with Crippen molar-refractivity contribution in [2.75, 3.05) is 19.0 Å². The second kappa shape index (κ2) is 8.24. The Balaban J connectivity index is 1.87. The highest BCUT2D eigenvalue weighted by molar-refractivity contribution is 6.30. The molecule has 1 aromatic carbocycles. The van der Waals surface area contributed by atoms with Crippen molar-refractivity contribution in [3.63, 3.8) is 0 Å². The number of hydrogen-bond acceptors (Lipinski definition) is 4. The zero-order chi connectivity index (χ0) is 17.6. The van der Waals surface area contributed by atoms with Gasteiger partial charge in [-0.15, -0.1) is 0 Å². The molecule has 0 unspecified atom stereocenters. The molecule has 132 valence electrons. The molecule has 1 saturated carbocycles. The van der Waals surface area contributed by atoms with E-state index in [-0.39, 0.29) is 18.7 Å². The third kappa shape index (κ3) is 5.03. The SMILES string of the molecule is COc1ccc(Cl)cc1NCCC(=O)NC1(CC(=O)O)CCCC1. The van der Waals surface area contributed by atoms with Crippen LogP contribution < -0.4 is 15.4 Å². The molecule has 0 aliphatic heterocycles.